The zero-order valence-electron chi connectivity index (χ0n) is 11.4. The minimum Gasteiger partial charge on any atom is -0.466 e. The van der Waals surface area contributed by atoms with Gasteiger partial charge in [0.25, 0.3) is 0 Å². The monoisotopic (exact) mass is 349 g/mol. The number of aromatic nitrogens is 4. The van der Waals surface area contributed by atoms with E-state index in [1.165, 1.54) is 7.11 Å². The maximum atomic E-state index is 12.1. The van der Waals surface area contributed by atoms with Crippen LogP contribution >= 0.6 is 15.9 Å². The quantitative estimate of drug-likeness (QED) is 0.833. The van der Waals surface area contributed by atoms with Crippen molar-refractivity contribution in [2.24, 2.45) is 0 Å². The van der Waals surface area contributed by atoms with Gasteiger partial charge in [-0.05, 0) is 35.0 Å². The van der Waals surface area contributed by atoms with Gasteiger partial charge in [-0.25, -0.2) is 4.79 Å². The molecule has 108 valence electrons. The molecule has 1 aromatic heterocycles. The molecule has 0 saturated heterocycles. The third kappa shape index (κ3) is 2.31. The Morgan fingerprint density at radius 2 is 2.10 bits per heavy atom. The number of methoxy groups -OCH3 is 1. The zero-order chi connectivity index (χ0) is 15.0. The Balaban J connectivity index is 2.17. The molecule has 0 radical (unpaired) electrons. The van der Waals surface area contributed by atoms with Crippen LogP contribution in [0.25, 0.3) is 0 Å². The second kappa shape index (κ2) is 5.28. The van der Waals surface area contributed by atoms with Crippen LogP contribution in [-0.4, -0.2) is 33.3 Å². The molecule has 8 heteroatoms. The number of halogens is 1. The highest BCUT2D eigenvalue weighted by Gasteiger charge is 2.34. The first-order valence-electron chi connectivity index (χ1n) is 6.21. The van der Waals surface area contributed by atoms with Crippen molar-refractivity contribution in [2.75, 3.05) is 12.4 Å². The number of esters is 1. The molecule has 1 aliphatic rings. The number of tetrazole rings is 1. The van der Waals surface area contributed by atoms with Crippen LogP contribution in [0.4, 0.5) is 5.95 Å². The van der Waals surface area contributed by atoms with Crippen LogP contribution in [0, 0.1) is 0 Å². The summed E-state index contributed by atoms with van der Waals surface area (Å²) >= 11 is 3.40. The van der Waals surface area contributed by atoms with Crippen LogP contribution in [0.2, 0.25) is 0 Å². The van der Waals surface area contributed by atoms with E-state index in [1.807, 2.05) is 24.3 Å². The Kier molecular flexibility index (Phi) is 3.46. The molecule has 0 amide bonds. The van der Waals surface area contributed by atoms with Crippen molar-refractivity contribution in [1.82, 2.24) is 20.2 Å². The van der Waals surface area contributed by atoms with Gasteiger partial charge in [0.2, 0.25) is 5.95 Å². The maximum absolute atomic E-state index is 12.1. The van der Waals surface area contributed by atoms with Crippen molar-refractivity contribution in [3.05, 3.63) is 45.6 Å². The number of nitrogens with one attached hydrogen (secondary N) is 1. The molecule has 1 N–H and O–H groups in total. The molecular weight excluding hydrogens is 338 g/mol. The van der Waals surface area contributed by atoms with Crippen LogP contribution < -0.4 is 5.32 Å². The molecule has 0 spiro atoms. The number of ether oxygens (including phenoxy) is 1. The normalized spacial score (nSPS) is 17.2. The predicted molar refractivity (Wildman–Crippen MR) is 78.4 cm³/mol. The Labute approximate surface area is 129 Å². The van der Waals surface area contributed by atoms with Crippen molar-refractivity contribution < 1.29 is 9.53 Å². The van der Waals surface area contributed by atoms with Gasteiger partial charge in [0.15, 0.2) is 0 Å². The molecule has 0 saturated carbocycles. The van der Waals surface area contributed by atoms with E-state index in [1.54, 1.807) is 11.6 Å². The van der Waals surface area contributed by atoms with E-state index in [0.717, 1.165) is 10.0 Å². The average Bonchev–Trinajstić information content (AvgIpc) is 2.94. The van der Waals surface area contributed by atoms with Crippen LogP contribution in [0.3, 0.4) is 0 Å². The van der Waals surface area contributed by atoms with Crippen molar-refractivity contribution in [2.45, 2.75) is 13.0 Å². The van der Waals surface area contributed by atoms with Crippen LogP contribution in [-0.2, 0) is 9.53 Å². The van der Waals surface area contributed by atoms with Gasteiger partial charge in [0.05, 0.1) is 12.7 Å². The lowest BCUT2D eigenvalue weighted by Crippen LogP contribution is -2.29. The minimum absolute atomic E-state index is 0.408. The summed E-state index contributed by atoms with van der Waals surface area (Å²) < 4.78 is 7.43. The molecular formula is C13H12BrN5O2. The number of nitrogens with zero attached hydrogens (tertiary/aromatic N) is 4. The minimum atomic E-state index is -0.420. The molecule has 0 unspecified atom stereocenters. The lowest BCUT2D eigenvalue weighted by Gasteiger charge is -2.27. The van der Waals surface area contributed by atoms with Gasteiger partial charge in [-0.2, -0.15) is 4.68 Å². The Hall–Kier alpha value is -2.22. The average molecular weight is 350 g/mol. The summed E-state index contributed by atoms with van der Waals surface area (Å²) in [6, 6.07) is 7.23. The topological polar surface area (TPSA) is 81.9 Å². The third-order valence-corrected chi connectivity index (χ3v) is 3.83. The number of hydrogen-bond acceptors (Lipinski definition) is 6. The first kappa shape index (κ1) is 13.7. The summed E-state index contributed by atoms with van der Waals surface area (Å²) in [4.78, 5) is 12.1. The van der Waals surface area contributed by atoms with E-state index >= 15 is 0 Å². The molecule has 7 nitrogen and oxygen atoms in total. The van der Waals surface area contributed by atoms with Gasteiger partial charge in [-0.1, -0.05) is 33.2 Å². The number of benzene rings is 1. The maximum Gasteiger partial charge on any atom is 0.338 e. The van der Waals surface area contributed by atoms with Gasteiger partial charge < -0.3 is 10.1 Å². The number of hydrogen-bond donors (Lipinski definition) is 1. The largest absolute Gasteiger partial charge is 0.466 e. The lowest BCUT2D eigenvalue weighted by atomic mass is 9.96. The third-order valence-electron chi connectivity index (χ3n) is 3.31. The lowest BCUT2D eigenvalue weighted by molar-refractivity contribution is -0.136. The Morgan fingerprint density at radius 3 is 2.76 bits per heavy atom. The number of rotatable bonds is 2. The number of anilines is 1. The smallest absolute Gasteiger partial charge is 0.338 e. The molecule has 21 heavy (non-hydrogen) atoms. The second-order valence-electron chi connectivity index (χ2n) is 4.56. The summed E-state index contributed by atoms with van der Waals surface area (Å²) in [6.45, 7) is 1.80. The highest BCUT2D eigenvalue weighted by atomic mass is 79.9. The molecule has 1 aliphatic heterocycles. The van der Waals surface area contributed by atoms with E-state index in [0.29, 0.717) is 17.2 Å². The molecule has 2 aromatic rings. The van der Waals surface area contributed by atoms with Gasteiger partial charge >= 0.3 is 5.97 Å². The SMILES string of the molecule is COC(=O)C1=C(C)Nc2nnnn2[C@H]1c1ccc(Br)cc1. The van der Waals surface area contributed by atoms with E-state index in [-0.39, 0.29) is 0 Å². The van der Waals surface area contributed by atoms with Crippen molar-refractivity contribution in [3.8, 4) is 0 Å². The fourth-order valence-corrected chi connectivity index (χ4v) is 2.60. The van der Waals surface area contributed by atoms with Crippen molar-refractivity contribution in [1.29, 1.82) is 0 Å². The van der Waals surface area contributed by atoms with Gasteiger partial charge in [-0.3, -0.25) is 0 Å². The van der Waals surface area contributed by atoms with Crippen LogP contribution in [0.5, 0.6) is 0 Å². The summed E-state index contributed by atoms with van der Waals surface area (Å²) in [5.74, 6) is 0.0853. The van der Waals surface area contributed by atoms with Gasteiger partial charge in [0, 0.05) is 10.2 Å². The zero-order valence-corrected chi connectivity index (χ0v) is 13.0. The van der Waals surface area contributed by atoms with Crippen LogP contribution in [0.1, 0.15) is 18.5 Å². The van der Waals surface area contributed by atoms with E-state index in [9.17, 15) is 4.79 Å². The predicted octanol–water partition coefficient (Wildman–Crippen LogP) is 1.90. The van der Waals surface area contributed by atoms with E-state index in [4.69, 9.17) is 4.74 Å². The number of allylic oxidation sites excluding steroid dienone is 1. The Morgan fingerprint density at radius 1 is 1.38 bits per heavy atom. The fourth-order valence-electron chi connectivity index (χ4n) is 2.34. The molecule has 0 bridgehead atoms. The Bertz CT molecular complexity index is 722. The summed E-state index contributed by atoms with van der Waals surface area (Å²) in [5.41, 5.74) is 2.06. The molecule has 0 aliphatic carbocycles. The molecule has 2 heterocycles. The van der Waals surface area contributed by atoms with Crippen LogP contribution in [0.15, 0.2) is 40.0 Å². The van der Waals surface area contributed by atoms with E-state index < -0.39 is 12.0 Å². The fraction of sp³-hybridized carbons (Fsp3) is 0.231. The first-order valence-corrected chi connectivity index (χ1v) is 7.00. The first-order chi connectivity index (χ1) is 10.1. The molecule has 1 aromatic carbocycles. The summed E-state index contributed by atoms with van der Waals surface area (Å²) in [7, 11) is 1.36. The standard InChI is InChI=1S/C13H12BrN5O2/c1-7-10(12(20)21-2)11(8-3-5-9(14)6-4-8)19-13(15-7)16-17-18-19/h3-6,11H,1-2H3,(H,15,16,18)/t11-/m0/s1. The molecule has 0 fully saturated rings. The highest BCUT2D eigenvalue weighted by molar-refractivity contribution is 9.10. The molecule has 1 atom stereocenters. The summed E-state index contributed by atoms with van der Waals surface area (Å²) in [5, 5.41) is 14.6. The van der Waals surface area contributed by atoms with Gasteiger partial charge in [0.1, 0.15) is 6.04 Å². The van der Waals surface area contributed by atoms with Crippen molar-refractivity contribution >= 4 is 27.8 Å². The van der Waals surface area contributed by atoms with Gasteiger partial charge in [-0.15, -0.1) is 0 Å². The number of fused-ring (bicyclic) bond motifs is 1. The number of carbonyl (C=O) groups is 1. The second-order valence-corrected chi connectivity index (χ2v) is 5.47. The summed E-state index contributed by atoms with van der Waals surface area (Å²) in [6.07, 6.45) is 0. The molecule has 3 rings (SSSR count). The van der Waals surface area contributed by atoms with Crippen molar-refractivity contribution in [3.63, 3.8) is 0 Å². The highest BCUT2D eigenvalue weighted by Crippen LogP contribution is 2.34. The number of carbonyl (C=O) groups excluding carboxylic acids is 1. The van der Waals surface area contributed by atoms with E-state index in [2.05, 4.69) is 36.8 Å².